The molecule has 6 heteroatoms. The summed E-state index contributed by atoms with van der Waals surface area (Å²) in [7, 11) is 0. The fourth-order valence-corrected chi connectivity index (χ4v) is 8.94. The van der Waals surface area contributed by atoms with Crippen LogP contribution in [0.15, 0.2) is 134 Å². The van der Waals surface area contributed by atoms with Gasteiger partial charge in [-0.15, -0.1) is 0 Å². The standard InChI is InChI=1S/C74H122O6/c1-4-7-10-13-16-19-22-25-28-30-31-32-33-34-35-36-37-38-39-40-41-42-43-45-46-49-52-55-58-61-64-67-73(76)79-70-71(69-78-72(75)66-63-60-57-54-51-48-27-24-21-18-15-12-9-6-3)80-74(77)68-65-62-59-56-53-50-47-44-29-26-23-20-17-14-11-8-5-2/h7,10,16-17,19-20,25-26,28-29,31-32,34-35,37-38,40-41,43,45,49,52,71H,4-6,8-9,11-15,18,21-24,27,30,33,36,39,42,44,46-48,50-51,53-70H2,1-3H3/b10-7-,19-16-,20-17-,28-25-,29-26-,32-31-,35-34-,38-37-,41-40-,45-43-,52-49-. The van der Waals surface area contributed by atoms with Crippen molar-refractivity contribution < 1.29 is 28.6 Å². The minimum Gasteiger partial charge on any atom is -0.462 e. The summed E-state index contributed by atoms with van der Waals surface area (Å²) in [5.74, 6) is -0.929. The van der Waals surface area contributed by atoms with E-state index < -0.39 is 6.10 Å². The molecule has 0 N–H and O–H groups in total. The molecule has 0 fully saturated rings. The average molecular weight is 1110 g/mol. The first-order valence-electron chi connectivity index (χ1n) is 33.2. The van der Waals surface area contributed by atoms with Crippen LogP contribution < -0.4 is 0 Å². The second-order valence-electron chi connectivity index (χ2n) is 21.6. The molecule has 0 aliphatic heterocycles. The molecule has 0 aliphatic carbocycles. The van der Waals surface area contributed by atoms with Gasteiger partial charge in [0.2, 0.25) is 0 Å². The Bertz CT molecular complexity index is 1700. The molecule has 0 aliphatic rings. The number of rotatable bonds is 59. The lowest BCUT2D eigenvalue weighted by atomic mass is 10.0. The van der Waals surface area contributed by atoms with Crippen molar-refractivity contribution in [2.75, 3.05) is 13.2 Å². The SMILES string of the molecule is CC/C=C\C/C=C\C/C=C\C/C=C\C/C=C\C/C=C\C/C=C\C/C=C\C/C=C\CCCCCC(=O)OCC(COC(=O)CCCCCCCCCCCCCCCC)OC(=O)CCCCCCCCC/C=C\C/C=C\CCCCC. The van der Waals surface area contributed by atoms with Crippen LogP contribution in [0.5, 0.6) is 0 Å². The Labute approximate surface area is 494 Å². The van der Waals surface area contributed by atoms with E-state index in [1.54, 1.807) is 0 Å². The molecule has 80 heavy (non-hydrogen) atoms. The summed E-state index contributed by atoms with van der Waals surface area (Å²) in [5.41, 5.74) is 0. The van der Waals surface area contributed by atoms with Gasteiger partial charge in [0.1, 0.15) is 13.2 Å². The van der Waals surface area contributed by atoms with Gasteiger partial charge in [-0.25, -0.2) is 0 Å². The first-order chi connectivity index (χ1) is 39.5. The second-order valence-corrected chi connectivity index (χ2v) is 21.6. The summed E-state index contributed by atoms with van der Waals surface area (Å²) >= 11 is 0. The van der Waals surface area contributed by atoms with Gasteiger partial charge in [-0.3, -0.25) is 14.4 Å². The van der Waals surface area contributed by atoms with E-state index in [2.05, 4.69) is 154 Å². The molecule has 0 saturated carbocycles. The molecule has 0 spiro atoms. The second kappa shape index (κ2) is 67.1. The normalized spacial score (nSPS) is 13.0. The van der Waals surface area contributed by atoms with Gasteiger partial charge >= 0.3 is 17.9 Å². The van der Waals surface area contributed by atoms with Crippen molar-refractivity contribution in [1.82, 2.24) is 0 Å². The summed E-state index contributed by atoms with van der Waals surface area (Å²) in [4.78, 5) is 38.3. The topological polar surface area (TPSA) is 78.9 Å². The lowest BCUT2D eigenvalue weighted by Crippen LogP contribution is -2.30. The number of carbonyl (C=O) groups is 3. The van der Waals surface area contributed by atoms with E-state index in [4.69, 9.17) is 14.2 Å². The van der Waals surface area contributed by atoms with E-state index in [1.807, 2.05) is 0 Å². The van der Waals surface area contributed by atoms with Crippen LogP contribution in [-0.2, 0) is 28.6 Å². The number of hydrogen-bond donors (Lipinski definition) is 0. The Hall–Kier alpha value is -4.45. The number of esters is 3. The van der Waals surface area contributed by atoms with Gasteiger partial charge in [-0.05, 0) is 122 Å². The zero-order valence-corrected chi connectivity index (χ0v) is 52.0. The number of allylic oxidation sites excluding steroid dienone is 22. The highest BCUT2D eigenvalue weighted by Crippen LogP contribution is 2.16. The summed E-state index contributed by atoms with van der Waals surface area (Å²) < 4.78 is 16.9. The molecular weight excluding hydrogens is 985 g/mol. The van der Waals surface area contributed by atoms with E-state index in [-0.39, 0.29) is 31.1 Å². The van der Waals surface area contributed by atoms with Gasteiger partial charge in [0.25, 0.3) is 0 Å². The fourth-order valence-electron chi connectivity index (χ4n) is 8.94. The zero-order valence-electron chi connectivity index (χ0n) is 52.0. The molecule has 0 rings (SSSR count). The predicted octanol–water partition coefficient (Wildman–Crippen LogP) is 22.9. The lowest BCUT2D eigenvalue weighted by Gasteiger charge is -2.18. The van der Waals surface area contributed by atoms with Crippen LogP contribution in [0.25, 0.3) is 0 Å². The molecule has 0 amide bonds. The molecule has 1 atom stereocenters. The molecule has 0 radical (unpaired) electrons. The van der Waals surface area contributed by atoms with Crippen molar-refractivity contribution in [2.24, 2.45) is 0 Å². The van der Waals surface area contributed by atoms with Crippen LogP contribution in [0.2, 0.25) is 0 Å². The number of unbranched alkanes of at least 4 members (excludes halogenated alkanes) is 26. The van der Waals surface area contributed by atoms with Crippen molar-refractivity contribution in [1.29, 1.82) is 0 Å². The lowest BCUT2D eigenvalue weighted by molar-refractivity contribution is -0.167. The highest BCUT2D eigenvalue weighted by Gasteiger charge is 2.19. The molecular formula is C74H122O6. The van der Waals surface area contributed by atoms with E-state index in [0.29, 0.717) is 19.3 Å². The number of ether oxygens (including phenoxy) is 3. The fraction of sp³-hybridized carbons (Fsp3) is 0.662. The highest BCUT2D eigenvalue weighted by atomic mass is 16.6. The van der Waals surface area contributed by atoms with E-state index in [0.717, 1.165) is 135 Å². The maximum atomic E-state index is 12.9. The molecule has 0 bridgehead atoms. The van der Waals surface area contributed by atoms with Crippen molar-refractivity contribution in [3.8, 4) is 0 Å². The van der Waals surface area contributed by atoms with E-state index in [9.17, 15) is 14.4 Å². The highest BCUT2D eigenvalue weighted by molar-refractivity contribution is 5.71. The molecule has 0 saturated heterocycles. The summed E-state index contributed by atoms with van der Waals surface area (Å²) in [5, 5.41) is 0. The van der Waals surface area contributed by atoms with Crippen LogP contribution in [0, 0.1) is 0 Å². The third-order valence-electron chi connectivity index (χ3n) is 13.9. The molecule has 6 nitrogen and oxygen atoms in total. The van der Waals surface area contributed by atoms with Crippen LogP contribution in [0.3, 0.4) is 0 Å². The van der Waals surface area contributed by atoms with Crippen LogP contribution in [0.4, 0.5) is 0 Å². The third kappa shape index (κ3) is 64.4. The van der Waals surface area contributed by atoms with Crippen LogP contribution >= 0.6 is 0 Å². The van der Waals surface area contributed by atoms with Crippen molar-refractivity contribution in [2.45, 2.75) is 303 Å². The van der Waals surface area contributed by atoms with Gasteiger partial charge in [0.15, 0.2) is 6.10 Å². The van der Waals surface area contributed by atoms with E-state index >= 15 is 0 Å². The predicted molar refractivity (Wildman–Crippen MR) is 348 cm³/mol. The Morgan fingerprint density at radius 3 is 0.800 bits per heavy atom. The summed E-state index contributed by atoms with van der Waals surface area (Å²) in [6, 6.07) is 0. The van der Waals surface area contributed by atoms with Gasteiger partial charge in [0, 0.05) is 19.3 Å². The van der Waals surface area contributed by atoms with Gasteiger partial charge < -0.3 is 14.2 Å². The Morgan fingerprint density at radius 1 is 0.263 bits per heavy atom. The minimum atomic E-state index is -0.800. The maximum absolute atomic E-state index is 12.9. The van der Waals surface area contributed by atoms with Crippen molar-refractivity contribution in [3.63, 3.8) is 0 Å². The number of carbonyl (C=O) groups excluding carboxylic acids is 3. The Morgan fingerprint density at radius 2 is 0.487 bits per heavy atom. The summed E-state index contributed by atoms with van der Waals surface area (Å²) in [6.07, 6.45) is 94.6. The average Bonchev–Trinajstić information content (AvgIpc) is 3.46. The van der Waals surface area contributed by atoms with E-state index in [1.165, 1.54) is 122 Å². The van der Waals surface area contributed by atoms with Gasteiger partial charge in [-0.1, -0.05) is 289 Å². The molecule has 0 aromatic rings. The molecule has 454 valence electrons. The molecule has 0 aromatic carbocycles. The smallest absolute Gasteiger partial charge is 0.306 e. The molecule has 0 aromatic heterocycles. The van der Waals surface area contributed by atoms with Crippen molar-refractivity contribution >= 4 is 17.9 Å². The monoisotopic (exact) mass is 1110 g/mol. The minimum absolute atomic E-state index is 0.0926. The molecule has 0 heterocycles. The zero-order chi connectivity index (χ0) is 57.8. The quantitative estimate of drug-likeness (QED) is 0.0261. The Kier molecular flexibility index (Phi) is 63.3. The first kappa shape index (κ1) is 75.5. The largest absolute Gasteiger partial charge is 0.462 e. The third-order valence-corrected chi connectivity index (χ3v) is 13.9. The Balaban J connectivity index is 4.40. The van der Waals surface area contributed by atoms with Crippen LogP contribution in [0.1, 0.15) is 297 Å². The van der Waals surface area contributed by atoms with Crippen molar-refractivity contribution in [3.05, 3.63) is 134 Å². The van der Waals surface area contributed by atoms with Crippen LogP contribution in [-0.4, -0.2) is 37.2 Å². The first-order valence-corrected chi connectivity index (χ1v) is 33.2. The van der Waals surface area contributed by atoms with Gasteiger partial charge in [0.05, 0.1) is 0 Å². The summed E-state index contributed by atoms with van der Waals surface area (Å²) in [6.45, 7) is 6.48. The number of hydrogen-bond acceptors (Lipinski definition) is 6. The van der Waals surface area contributed by atoms with Gasteiger partial charge in [-0.2, -0.15) is 0 Å². The molecule has 1 unspecified atom stereocenters. The maximum Gasteiger partial charge on any atom is 0.306 e.